The molecule has 0 radical (unpaired) electrons. The molecule has 156 valence electrons. The number of nitrogens with one attached hydrogen (secondary N) is 1. The van der Waals surface area contributed by atoms with Crippen LogP contribution >= 0.6 is 24.0 Å². The fourth-order valence-corrected chi connectivity index (χ4v) is 2.92. The van der Waals surface area contributed by atoms with Gasteiger partial charge in [-0.25, -0.2) is 0 Å². The van der Waals surface area contributed by atoms with Gasteiger partial charge in [-0.2, -0.15) is 13.2 Å². The number of aliphatic imine (C=N–C) groups is 1. The molecule has 0 aromatic carbocycles. The van der Waals surface area contributed by atoms with Crippen LogP contribution in [0.4, 0.5) is 13.2 Å². The lowest BCUT2D eigenvalue weighted by Gasteiger charge is -2.36. The Balaban J connectivity index is 0.00000364. The highest BCUT2D eigenvalue weighted by atomic mass is 127. The predicted octanol–water partition coefficient (Wildman–Crippen LogP) is 1.79. The van der Waals surface area contributed by atoms with Crippen LogP contribution < -0.4 is 5.32 Å². The molecular formula is C16H28F3IN6O. The minimum Gasteiger partial charge on any atom is -0.361 e. The zero-order chi connectivity index (χ0) is 19.2. The molecule has 1 N–H and O–H groups in total. The summed E-state index contributed by atoms with van der Waals surface area (Å²) >= 11 is 0. The third kappa shape index (κ3) is 8.64. The van der Waals surface area contributed by atoms with Crippen molar-refractivity contribution in [3.8, 4) is 0 Å². The predicted molar refractivity (Wildman–Crippen MR) is 108 cm³/mol. The summed E-state index contributed by atoms with van der Waals surface area (Å²) in [6.07, 6.45) is -4.17. The van der Waals surface area contributed by atoms with Gasteiger partial charge in [0.1, 0.15) is 5.76 Å². The van der Waals surface area contributed by atoms with Gasteiger partial charge in [-0.1, -0.05) is 5.16 Å². The molecule has 7 nitrogen and oxygen atoms in total. The molecule has 27 heavy (non-hydrogen) atoms. The quantitative estimate of drug-likeness (QED) is 0.363. The van der Waals surface area contributed by atoms with Gasteiger partial charge >= 0.3 is 6.18 Å². The van der Waals surface area contributed by atoms with Crippen LogP contribution in [0.5, 0.6) is 0 Å². The van der Waals surface area contributed by atoms with Crippen LogP contribution in [-0.4, -0.2) is 91.9 Å². The fourth-order valence-electron chi connectivity index (χ4n) is 2.92. The summed E-state index contributed by atoms with van der Waals surface area (Å²) in [5.41, 5.74) is 0.922. The Kier molecular flexibility index (Phi) is 9.81. The van der Waals surface area contributed by atoms with E-state index in [-0.39, 0.29) is 24.0 Å². The molecule has 0 atom stereocenters. The molecule has 1 aromatic heterocycles. The van der Waals surface area contributed by atoms with Crippen LogP contribution in [0.1, 0.15) is 11.5 Å². The van der Waals surface area contributed by atoms with Gasteiger partial charge in [-0.3, -0.25) is 14.8 Å². The SMILES string of the molecule is CN=C(NCCN(C)CC(F)(F)F)N1CCN(Cc2cc(C)on2)CC1.I. The fraction of sp³-hybridized carbons (Fsp3) is 0.750. The minimum atomic E-state index is -4.17. The molecule has 1 aliphatic heterocycles. The largest absolute Gasteiger partial charge is 0.401 e. The monoisotopic (exact) mass is 504 g/mol. The van der Waals surface area contributed by atoms with Gasteiger partial charge in [0.15, 0.2) is 5.96 Å². The van der Waals surface area contributed by atoms with E-state index in [1.165, 1.54) is 11.9 Å². The van der Waals surface area contributed by atoms with Crippen LogP contribution in [0, 0.1) is 6.92 Å². The lowest BCUT2D eigenvalue weighted by atomic mass is 10.3. The van der Waals surface area contributed by atoms with Crippen LogP contribution in [0.15, 0.2) is 15.6 Å². The molecular weight excluding hydrogens is 476 g/mol. The first kappa shape index (κ1) is 24.0. The molecule has 0 unspecified atom stereocenters. The van der Waals surface area contributed by atoms with E-state index in [0.717, 1.165) is 50.1 Å². The lowest BCUT2D eigenvalue weighted by Crippen LogP contribution is -2.53. The molecule has 0 bridgehead atoms. The molecule has 1 aliphatic rings. The molecule has 1 aromatic rings. The summed E-state index contributed by atoms with van der Waals surface area (Å²) in [7, 11) is 3.15. The molecule has 2 heterocycles. The number of piperazine rings is 1. The maximum atomic E-state index is 12.3. The number of hydrogen-bond donors (Lipinski definition) is 1. The Hall–Kier alpha value is -1.08. The highest BCUT2D eigenvalue weighted by Gasteiger charge is 2.29. The molecule has 0 spiro atoms. The number of halogens is 4. The zero-order valence-corrected chi connectivity index (χ0v) is 18.3. The van der Waals surface area contributed by atoms with Gasteiger partial charge in [0, 0.05) is 58.9 Å². The Morgan fingerprint density at radius 2 is 2.00 bits per heavy atom. The van der Waals surface area contributed by atoms with E-state index in [4.69, 9.17) is 4.52 Å². The number of nitrogens with zero attached hydrogens (tertiary/aromatic N) is 5. The first-order chi connectivity index (χ1) is 12.3. The van der Waals surface area contributed by atoms with Gasteiger partial charge in [0.05, 0.1) is 12.2 Å². The van der Waals surface area contributed by atoms with Crippen molar-refractivity contribution in [2.24, 2.45) is 4.99 Å². The van der Waals surface area contributed by atoms with E-state index < -0.39 is 12.7 Å². The molecule has 2 rings (SSSR count). The molecule has 11 heteroatoms. The standard InChI is InChI=1S/C16H27F3N6O.HI/c1-13-10-14(22-26-13)11-24-6-8-25(9-7-24)15(20-2)21-4-5-23(3)12-16(17,18)19;/h10H,4-9,11-12H2,1-3H3,(H,20,21);1H. The van der Waals surface area contributed by atoms with Crippen molar-refractivity contribution in [3.63, 3.8) is 0 Å². The molecule has 1 saturated heterocycles. The Bertz CT molecular complexity index is 587. The number of likely N-dealkylation sites (N-methyl/N-ethyl adjacent to an activating group) is 1. The minimum absolute atomic E-state index is 0. The van der Waals surface area contributed by atoms with Gasteiger partial charge in [-0.15, -0.1) is 24.0 Å². The number of hydrogen-bond acceptors (Lipinski definition) is 5. The summed E-state index contributed by atoms with van der Waals surface area (Å²) in [5.74, 6) is 1.53. The van der Waals surface area contributed by atoms with Crippen LogP contribution in [0.3, 0.4) is 0 Å². The number of aromatic nitrogens is 1. The van der Waals surface area contributed by atoms with Gasteiger partial charge in [0.25, 0.3) is 0 Å². The summed E-state index contributed by atoms with van der Waals surface area (Å²) in [5, 5.41) is 7.16. The molecule has 1 fully saturated rings. The Morgan fingerprint density at radius 1 is 1.33 bits per heavy atom. The maximum Gasteiger partial charge on any atom is 0.401 e. The number of aryl methyl sites for hydroxylation is 1. The maximum absolute atomic E-state index is 12.3. The van der Waals surface area contributed by atoms with E-state index in [0.29, 0.717) is 13.1 Å². The van der Waals surface area contributed by atoms with Gasteiger partial charge < -0.3 is 14.7 Å². The highest BCUT2D eigenvalue weighted by Crippen LogP contribution is 2.15. The second-order valence-corrected chi connectivity index (χ2v) is 6.52. The Labute approximate surface area is 175 Å². The number of rotatable bonds is 6. The summed E-state index contributed by atoms with van der Waals surface area (Å²) < 4.78 is 42.1. The molecule has 0 amide bonds. The third-order valence-electron chi connectivity index (χ3n) is 4.17. The van der Waals surface area contributed by atoms with Crippen molar-refractivity contribution in [2.45, 2.75) is 19.6 Å². The topological polar surface area (TPSA) is 60.1 Å². The van der Waals surface area contributed by atoms with E-state index >= 15 is 0 Å². The first-order valence-corrected chi connectivity index (χ1v) is 8.62. The van der Waals surface area contributed by atoms with Crippen molar-refractivity contribution in [3.05, 3.63) is 17.5 Å². The lowest BCUT2D eigenvalue weighted by molar-refractivity contribution is -0.142. The van der Waals surface area contributed by atoms with Crippen molar-refractivity contribution in [2.75, 3.05) is 59.9 Å². The van der Waals surface area contributed by atoms with Crippen molar-refractivity contribution in [1.29, 1.82) is 0 Å². The van der Waals surface area contributed by atoms with E-state index in [2.05, 4.69) is 25.3 Å². The number of guanidine groups is 1. The van der Waals surface area contributed by atoms with Crippen LogP contribution in [0.2, 0.25) is 0 Å². The normalized spacial score (nSPS) is 16.6. The molecule has 0 aliphatic carbocycles. The molecule has 0 saturated carbocycles. The van der Waals surface area contributed by atoms with Crippen molar-refractivity contribution < 1.29 is 17.7 Å². The number of alkyl halides is 3. The second kappa shape index (κ2) is 11.1. The Morgan fingerprint density at radius 3 is 2.52 bits per heavy atom. The third-order valence-corrected chi connectivity index (χ3v) is 4.17. The van der Waals surface area contributed by atoms with Gasteiger partial charge in [-0.05, 0) is 14.0 Å². The van der Waals surface area contributed by atoms with Gasteiger partial charge in [0.2, 0.25) is 0 Å². The first-order valence-electron chi connectivity index (χ1n) is 8.62. The summed E-state index contributed by atoms with van der Waals surface area (Å²) in [6.45, 7) is 5.75. The summed E-state index contributed by atoms with van der Waals surface area (Å²) in [6, 6.07) is 1.93. The summed E-state index contributed by atoms with van der Waals surface area (Å²) in [4.78, 5) is 9.90. The zero-order valence-electron chi connectivity index (χ0n) is 15.9. The van der Waals surface area contributed by atoms with Crippen molar-refractivity contribution >= 4 is 29.9 Å². The average molecular weight is 504 g/mol. The van der Waals surface area contributed by atoms with Crippen molar-refractivity contribution in [1.82, 2.24) is 25.2 Å². The van der Waals surface area contributed by atoms with Crippen LogP contribution in [-0.2, 0) is 6.54 Å². The smallest absolute Gasteiger partial charge is 0.361 e. The second-order valence-electron chi connectivity index (χ2n) is 6.52. The van der Waals surface area contributed by atoms with E-state index in [1.807, 2.05) is 13.0 Å². The van der Waals surface area contributed by atoms with E-state index in [1.54, 1.807) is 7.05 Å². The highest BCUT2D eigenvalue weighted by molar-refractivity contribution is 14.0. The van der Waals surface area contributed by atoms with Crippen LogP contribution in [0.25, 0.3) is 0 Å². The average Bonchev–Trinajstić information content (AvgIpc) is 2.96. The van der Waals surface area contributed by atoms with E-state index in [9.17, 15) is 13.2 Å².